The van der Waals surface area contributed by atoms with Crippen LogP contribution in [-0.2, 0) is 0 Å². The molecule has 0 unspecified atom stereocenters. The molecule has 5 nitrogen and oxygen atoms in total. The van der Waals surface area contributed by atoms with Gasteiger partial charge in [0, 0.05) is 24.0 Å². The molecule has 17 heavy (non-hydrogen) atoms. The third-order valence-corrected chi connectivity index (χ3v) is 2.65. The molecule has 0 saturated heterocycles. The zero-order valence-corrected chi connectivity index (χ0v) is 11.0. The standard InChI is InChI=1S/C12H22N4O/c1-9(2)16-8-7-14-10(11(16)17)15-12(3,4)5-6-13/h7-9H,5-6,13H2,1-4H3,(H,14,15). The molecule has 3 N–H and O–H groups in total. The summed E-state index contributed by atoms with van der Waals surface area (Å²) in [6.07, 6.45) is 4.13. The summed E-state index contributed by atoms with van der Waals surface area (Å²) in [5.74, 6) is 0.389. The Kier molecular flexibility index (Phi) is 4.28. The molecule has 0 fully saturated rings. The third kappa shape index (κ3) is 3.56. The first-order valence-electron chi connectivity index (χ1n) is 5.93. The Balaban J connectivity index is 3.00. The van der Waals surface area contributed by atoms with Gasteiger partial charge in [-0.1, -0.05) is 0 Å². The number of anilines is 1. The van der Waals surface area contributed by atoms with Gasteiger partial charge in [-0.15, -0.1) is 0 Å². The van der Waals surface area contributed by atoms with Crippen molar-refractivity contribution in [2.24, 2.45) is 5.73 Å². The molecule has 0 aliphatic carbocycles. The van der Waals surface area contributed by atoms with Crippen LogP contribution < -0.4 is 16.6 Å². The number of hydrogen-bond acceptors (Lipinski definition) is 4. The van der Waals surface area contributed by atoms with Crippen molar-refractivity contribution >= 4 is 5.82 Å². The minimum Gasteiger partial charge on any atom is -0.361 e. The van der Waals surface area contributed by atoms with Gasteiger partial charge in [0.05, 0.1) is 0 Å². The maximum atomic E-state index is 12.1. The predicted octanol–water partition coefficient (Wildman–Crippen LogP) is 1.36. The van der Waals surface area contributed by atoms with E-state index < -0.39 is 0 Å². The van der Waals surface area contributed by atoms with E-state index in [0.717, 1.165) is 6.42 Å². The van der Waals surface area contributed by atoms with Crippen molar-refractivity contribution in [2.75, 3.05) is 11.9 Å². The lowest BCUT2D eigenvalue weighted by Gasteiger charge is -2.26. The van der Waals surface area contributed by atoms with E-state index in [-0.39, 0.29) is 17.1 Å². The van der Waals surface area contributed by atoms with Crippen molar-refractivity contribution in [3.8, 4) is 0 Å². The monoisotopic (exact) mass is 238 g/mol. The highest BCUT2D eigenvalue weighted by atomic mass is 16.1. The summed E-state index contributed by atoms with van der Waals surface area (Å²) < 4.78 is 1.66. The summed E-state index contributed by atoms with van der Waals surface area (Å²) in [6.45, 7) is 8.53. The maximum absolute atomic E-state index is 12.1. The van der Waals surface area contributed by atoms with E-state index in [2.05, 4.69) is 10.3 Å². The molecule has 0 atom stereocenters. The molecule has 0 saturated carbocycles. The average molecular weight is 238 g/mol. The van der Waals surface area contributed by atoms with Crippen molar-refractivity contribution in [1.29, 1.82) is 0 Å². The Labute approximate surface area is 102 Å². The highest BCUT2D eigenvalue weighted by molar-refractivity contribution is 5.34. The second-order valence-electron chi connectivity index (χ2n) is 5.13. The van der Waals surface area contributed by atoms with Gasteiger partial charge >= 0.3 is 0 Å². The third-order valence-electron chi connectivity index (χ3n) is 2.65. The van der Waals surface area contributed by atoms with Crippen molar-refractivity contribution < 1.29 is 0 Å². The molecule has 0 aliphatic rings. The lowest BCUT2D eigenvalue weighted by Crippen LogP contribution is -2.37. The van der Waals surface area contributed by atoms with E-state index in [4.69, 9.17) is 5.73 Å². The minimum absolute atomic E-state index is 0.0902. The van der Waals surface area contributed by atoms with E-state index in [0.29, 0.717) is 12.4 Å². The first kappa shape index (κ1) is 13.7. The van der Waals surface area contributed by atoms with Crippen LogP contribution in [-0.4, -0.2) is 21.6 Å². The molecule has 1 aromatic heterocycles. The highest BCUT2D eigenvalue weighted by Gasteiger charge is 2.19. The van der Waals surface area contributed by atoms with Gasteiger partial charge in [-0.3, -0.25) is 4.79 Å². The summed E-state index contributed by atoms with van der Waals surface area (Å²) in [7, 11) is 0. The van der Waals surface area contributed by atoms with E-state index in [1.807, 2.05) is 27.7 Å². The van der Waals surface area contributed by atoms with Gasteiger partial charge in [0.25, 0.3) is 5.56 Å². The Morgan fingerprint density at radius 1 is 1.53 bits per heavy atom. The fourth-order valence-electron chi connectivity index (χ4n) is 1.66. The Bertz CT molecular complexity index is 423. The topological polar surface area (TPSA) is 72.9 Å². The number of nitrogens with two attached hydrogens (primary N) is 1. The Hall–Kier alpha value is -1.36. The molecule has 0 radical (unpaired) electrons. The van der Waals surface area contributed by atoms with E-state index in [1.54, 1.807) is 17.0 Å². The molecule has 0 bridgehead atoms. The Morgan fingerprint density at radius 2 is 2.18 bits per heavy atom. The number of aromatic nitrogens is 2. The van der Waals surface area contributed by atoms with Crippen LogP contribution in [0.1, 0.15) is 40.2 Å². The fourth-order valence-corrected chi connectivity index (χ4v) is 1.66. The molecular weight excluding hydrogens is 216 g/mol. The first-order chi connectivity index (χ1) is 7.87. The summed E-state index contributed by atoms with van der Waals surface area (Å²) in [5, 5.41) is 3.16. The van der Waals surface area contributed by atoms with Crippen molar-refractivity contribution in [2.45, 2.75) is 45.7 Å². The summed E-state index contributed by atoms with van der Waals surface area (Å²) >= 11 is 0. The zero-order chi connectivity index (χ0) is 13.1. The average Bonchev–Trinajstić information content (AvgIpc) is 2.20. The molecule has 96 valence electrons. The summed E-state index contributed by atoms with van der Waals surface area (Å²) in [5.41, 5.74) is 5.23. The molecule has 0 amide bonds. The maximum Gasteiger partial charge on any atom is 0.293 e. The van der Waals surface area contributed by atoms with Crippen molar-refractivity contribution in [1.82, 2.24) is 9.55 Å². The molecule has 5 heteroatoms. The van der Waals surface area contributed by atoms with Gasteiger partial charge in [-0.25, -0.2) is 4.98 Å². The first-order valence-corrected chi connectivity index (χ1v) is 5.93. The molecular formula is C12H22N4O. The predicted molar refractivity (Wildman–Crippen MR) is 70.3 cm³/mol. The fraction of sp³-hybridized carbons (Fsp3) is 0.667. The van der Waals surface area contributed by atoms with Gasteiger partial charge in [-0.05, 0) is 40.7 Å². The molecule has 0 spiro atoms. The van der Waals surface area contributed by atoms with Gasteiger partial charge in [0.15, 0.2) is 5.82 Å². The van der Waals surface area contributed by atoms with Crippen LogP contribution >= 0.6 is 0 Å². The lowest BCUT2D eigenvalue weighted by atomic mass is 10.0. The van der Waals surface area contributed by atoms with Gasteiger partial charge in [0.1, 0.15) is 0 Å². The molecule has 0 aliphatic heterocycles. The Morgan fingerprint density at radius 3 is 2.71 bits per heavy atom. The molecule has 1 aromatic rings. The summed E-state index contributed by atoms with van der Waals surface area (Å²) in [4.78, 5) is 16.2. The lowest BCUT2D eigenvalue weighted by molar-refractivity contribution is 0.517. The van der Waals surface area contributed by atoms with Crippen LogP contribution in [0.3, 0.4) is 0 Å². The van der Waals surface area contributed by atoms with E-state index in [1.165, 1.54) is 0 Å². The zero-order valence-electron chi connectivity index (χ0n) is 11.0. The molecule has 1 heterocycles. The van der Waals surface area contributed by atoms with Gasteiger partial charge in [0.2, 0.25) is 0 Å². The van der Waals surface area contributed by atoms with Crippen LogP contribution in [0, 0.1) is 0 Å². The van der Waals surface area contributed by atoms with Crippen molar-refractivity contribution in [3.05, 3.63) is 22.7 Å². The van der Waals surface area contributed by atoms with Crippen LogP contribution in [0.25, 0.3) is 0 Å². The second-order valence-corrected chi connectivity index (χ2v) is 5.13. The van der Waals surface area contributed by atoms with Crippen LogP contribution in [0.4, 0.5) is 5.82 Å². The van der Waals surface area contributed by atoms with E-state index >= 15 is 0 Å². The van der Waals surface area contributed by atoms with Crippen LogP contribution in [0.15, 0.2) is 17.2 Å². The minimum atomic E-state index is -0.225. The smallest absolute Gasteiger partial charge is 0.293 e. The summed E-state index contributed by atoms with van der Waals surface area (Å²) in [6, 6.07) is 0.128. The van der Waals surface area contributed by atoms with Gasteiger partial charge in [-0.2, -0.15) is 0 Å². The number of rotatable bonds is 5. The second kappa shape index (κ2) is 5.31. The van der Waals surface area contributed by atoms with Crippen LogP contribution in [0.2, 0.25) is 0 Å². The normalized spacial score (nSPS) is 11.9. The largest absolute Gasteiger partial charge is 0.361 e. The quantitative estimate of drug-likeness (QED) is 0.812. The highest BCUT2D eigenvalue weighted by Crippen LogP contribution is 2.13. The SMILES string of the molecule is CC(C)n1ccnc(NC(C)(C)CCN)c1=O. The molecule has 1 rings (SSSR count). The number of nitrogens with one attached hydrogen (secondary N) is 1. The van der Waals surface area contributed by atoms with E-state index in [9.17, 15) is 4.79 Å². The van der Waals surface area contributed by atoms with Crippen molar-refractivity contribution in [3.63, 3.8) is 0 Å². The molecule has 0 aromatic carbocycles. The number of hydrogen-bond donors (Lipinski definition) is 2. The number of nitrogens with zero attached hydrogens (tertiary/aromatic N) is 2. The van der Waals surface area contributed by atoms with Crippen LogP contribution in [0.5, 0.6) is 0 Å². The van der Waals surface area contributed by atoms with Gasteiger partial charge < -0.3 is 15.6 Å².